The fourth-order valence-corrected chi connectivity index (χ4v) is 6.05. The third kappa shape index (κ3) is 5.87. The van der Waals surface area contributed by atoms with Gasteiger partial charge in [-0.25, -0.2) is 18.1 Å². The predicted octanol–water partition coefficient (Wildman–Crippen LogP) is -0.484. The van der Waals surface area contributed by atoms with Crippen LogP contribution >= 0.6 is 35.7 Å². The van der Waals surface area contributed by atoms with E-state index < -0.39 is 38.4 Å². The summed E-state index contributed by atoms with van der Waals surface area (Å²) in [7, 11) is -2.03. The number of aromatic nitrogens is 1. The van der Waals surface area contributed by atoms with Gasteiger partial charge in [0.1, 0.15) is 24.2 Å². The van der Waals surface area contributed by atoms with E-state index in [1.807, 2.05) is 0 Å². The molecule has 0 radical (unpaired) electrons. The summed E-state index contributed by atoms with van der Waals surface area (Å²) in [6.45, 7) is 0.208. The van der Waals surface area contributed by atoms with E-state index in [2.05, 4.69) is 32.8 Å². The lowest BCUT2D eigenvalue weighted by atomic mass is 10.0. The van der Waals surface area contributed by atoms with E-state index in [1.165, 1.54) is 23.8 Å². The number of fused-ring (bicyclic) bond motifs is 1. The van der Waals surface area contributed by atoms with Gasteiger partial charge in [-0.2, -0.15) is 0 Å². The second-order valence-corrected chi connectivity index (χ2v) is 11.3. The molecule has 1 aromatic rings. The Kier molecular flexibility index (Phi) is 8.04. The molecule has 3 rings (SSSR count). The number of rotatable bonds is 10. The van der Waals surface area contributed by atoms with Crippen molar-refractivity contribution in [1.29, 1.82) is 0 Å². The summed E-state index contributed by atoms with van der Waals surface area (Å²) in [4.78, 5) is 47.9. The van der Waals surface area contributed by atoms with Gasteiger partial charge in [-0.1, -0.05) is 17.8 Å². The zero-order chi connectivity index (χ0) is 24.3. The third-order valence-electron chi connectivity index (χ3n) is 4.72. The maximum atomic E-state index is 12.9. The van der Waals surface area contributed by atoms with Crippen molar-refractivity contribution in [3.63, 3.8) is 0 Å². The number of hydrogen-bond acceptors (Lipinski definition) is 11. The highest BCUT2D eigenvalue weighted by molar-refractivity contribution is 8.00. The van der Waals surface area contributed by atoms with Crippen LogP contribution in [0.4, 0.5) is 5.13 Å². The Morgan fingerprint density at radius 3 is 2.76 bits per heavy atom. The molecule has 0 saturated carbocycles. The quantitative estimate of drug-likeness (QED) is 0.102. The highest BCUT2D eigenvalue weighted by Gasteiger charge is 2.53. The zero-order valence-electron chi connectivity index (χ0n) is 17.6. The van der Waals surface area contributed by atoms with Crippen molar-refractivity contribution in [2.45, 2.75) is 24.3 Å². The van der Waals surface area contributed by atoms with E-state index in [0.717, 1.165) is 17.6 Å². The normalized spacial score (nSPS) is 20.9. The number of hydrogen-bond donors (Lipinski definition) is 4. The lowest BCUT2D eigenvalue weighted by molar-refractivity contribution is -0.146. The van der Waals surface area contributed by atoms with Crippen molar-refractivity contribution in [2.24, 2.45) is 5.16 Å². The largest absolute Gasteiger partial charge is 0.398 e. The Labute approximate surface area is 203 Å². The first-order valence-corrected chi connectivity index (χ1v) is 13.8. The van der Waals surface area contributed by atoms with Crippen LogP contribution in [0.1, 0.15) is 18.5 Å². The Morgan fingerprint density at radius 2 is 2.18 bits per heavy atom. The number of nitrogens with two attached hydrogens (primary N) is 1. The number of nitrogens with zero attached hydrogens (tertiary/aromatic N) is 3. The molecule has 12 nitrogen and oxygen atoms in total. The molecule has 3 heterocycles. The molecule has 2 atom stereocenters. The number of sulfonamides is 1. The average Bonchev–Trinajstić information content (AvgIpc) is 3.17. The minimum Gasteiger partial charge on any atom is -0.398 e. The number of thiol groups is 1. The third-order valence-corrected chi connectivity index (χ3v) is 7.67. The molecule has 0 aromatic carbocycles. The number of nitrogen functional groups attached to an aromatic ring is 1. The number of amides is 2. The molecule has 1 fully saturated rings. The molecule has 180 valence electrons. The SMILES string of the molecule is CO/N=C(\C(=O)NC1C(=O)N2C(C(=O)S)=C(CCCNS(C)(=O)=O)CS[C@H]12)c1csc(N)n1. The topological polar surface area (TPSA) is 173 Å². The molecule has 1 saturated heterocycles. The Balaban J connectivity index is 1.71. The number of thiazole rings is 1. The van der Waals surface area contributed by atoms with Gasteiger partial charge in [0.25, 0.3) is 11.8 Å². The minimum atomic E-state index is -3.31. The van der Waals surface area contributed by atoms with E-state index in [0.29, 0.717) is 24.2 Å². The van der Waals surface area contributed by atoms with Crippen molar-refractivity contribution in [2.75, 3.05) is 31.4 Å². The monoisotopic (exact) mass is 534 g/mol. The fraction of sp³-hybridized carbons (Fsp3) is 0.471. The van der Waals surface area contributed by atoms with E-state index >= 15 is 0 Å². The summed E-state index contributed by atoms with van der Waals surface area (Å²) in [5.74, 6) is -0.691. The van der Waals surface area contributed by atoms with Gasteiger partial charge in [-0.15, -0.1) is 23.1 Å². The van der Waals surface area contributed by atoms with Crippen LogP contribution in [0.5, 0.6) is 0 Å². The van der Waals surface area contributed by atoms with E-state index in [9.17, 15) is 22.8 Å². The molecule has 0 bridgehead atoms. The molecule has 1 unspecified atom stereocenters. The van der Waals surface area contributed by atoms with Crippen molar-refractivity contribution in [3.8, 4) is 0 Å². The lowest BCUT2D eigenvalue weighted by Gasteiger charge is -2.50. The highest BCUT2D eigenvalue weighted by Crippen LogP contribution is 2.42. The summed E-state index contributed by atoms with van der Waals surface area (Å²) in [6, 6.07) is -0.878. The Hall–Kier alpha value is -2.14. The zero-order valence-corrected chi connectivity index (χ0v) is 20.9. The Morgan fingerprint density at radius 1 is 1.45 bits per heavy atom. The average molecular weight is 535 g/mol. The van der Waals surface area contributed by atoms with Gasteiger partial charge in [0.15, 0.2) is 10.8 Å². The van der Waals surface area contributed by atoms with Crippen LogP contribution in [0, 0.1) is 0 Å². The van der Waals surface area contributed by atoms with Crippen LogP contribution in [0.25, 0.3) is 0 Å². The van der Waals surface area contributed by atoms with Crippen molar-refractivity contribution >= 4 is 73.5 Å². The molecule has 4 N–H and O–H groups in total. The predicted molar refractivity (Wildman–Crippen MR) is 128 cm³/mol. The summed E-state index contributed by atoms with van der Waals surface area (Å²) in [6.07, 6.45) is 1.93. The van der Waals surface area contributed by atoms with E-state index in [-0.39, 0.29) is 28.8 Å². The number of oxime groups is 1. The molecule has 33 heavy (non-hydrogen) atoms. The summed E-state index contributed by atoms with van der Waals surface area (Å²) in [5, 5.41) is 7.06. The van der Waals surface area contributed by atoms with E-state index in [1.54, 1.807) is 5.38 Å². The summed E-state index contributed by atoms with van der Waals surface area (Å²) < 4.78 is 24.8. The molecule has 2 aliphatic heterocycles. The van der Waals surface area contributed by atoms with Gasteiger partial charge in [0, 0.05) is 17.7 Å². The standard InChI is InChI=1S/C17H22N6O6S4/c1-29-22-10(9-7-32-17(18)20-9)13(24)21-11-14(25)23-12(16(26)30)8(6-31-15(11)23)4-3-5-19-33(2,27)28/h7,11,15,19H,3-6H2,1-2H3,(H2,18,20)(H,21,24)(H,26,30)/b22-10-/t11?,15-/m1/s1. The number of β-lactam (4-membered cyclic amide) rings is 1. The lowest BCUT2D eigenvalue weighted by Crippen LogP contribution is -2.70. The smallest absolute Gasteiger partial charge is 0.276 e. The number of carbonyl (C=O) groups is 3. The maximum absolute atomic E-state index is 12.9. The first kappa shape index (κ1) is 25.5. The Bertz CT molecular complexity index is 1130. The molecule has 0 aliphatic carbocycles. The van der Waals surface area contributed by atoms with Crippen LogP contribution in [0.3, 0.4) is 0 Å². The molecule has 2 amide bonds. The van der Waals surface area contributed by atoms with Crippen LogP contribution < -0.4 is 15.8 Å². The van der Waals surface area contributed by atoms with Crippen LogP contribution in [0.15, 0.2) is 21.8 Å². The molecular formula is C17H22N6O6S4. The first-order valence-electron chi connectivity index (χ1n) is 9.51. The van der Waals surface area contributed by atoms with Crippen molar-refractivity contribution in [1.82, 2.24) is 19.9 Å². The van der Waals surface area contributed by atoms with Gasteiger partial charge < -0.3 is 15.9 Å². The number of anilines is 1. The fourth-order valence-electron chi connectivity index (χ4n) is 3.34. The molecule has 16 heteroatoms. The maximum Gasteiger partial charge on any atom is 0.276 e. The molecule has 2 aliphatic rings. The van der Waals surface area contributed by atoms with Crippen molar-refractivity contribution in [3.05, 3.63) is 22.3 Å². The van der Waals surface area contributed by atoms with Gasteiger partial charge in [-0.05, 0) is 18.4 Å². The van der Waals surface area contributed by atoms with Crippen LogP contribution in [-0.4, -0.2) is 78.0 Å². The van der Waals surface area contributed by atoms with Crippen LogP contribution in [0.2, 0.25) is 0 Å². The first-order chi connectivity index (χ1) is 15.5. The second kappa shape index (κ2) is 10.4. The van der Waals surface area contributed by atoms with E-state index in [4.69, 9.17) is 10.6 Å². The molecule has 0 spiro atoms. The molecular weight excluding hydrogens is 512 g/mol. The molecule has 1 aromatic heterocycles. The summed E-state index contributed by atoms with van der Waals surface area (Å²) in [5.41, 5.74) is 6.58. The number of nitrogens with one attached hydrogen (secondary N) is 2. The van der Waals surface area contributed by atoms with Crippen molar-refractivity contribution < 1.29 is 27.6 Å². The minimum absolute atomic E-state index is 0.127. The number of carbonyl (C=O) groups excluding carboxylic acids is 3. The second-order valence-electron chi connectivity index (χ2n) is 7.08. The van der Waals surface area contributed by atoms with Gasteiger partial charge in [0.2, 0.25) is 15.1 Å². The highest BCUT2D eigenvalue weighted by atomic mass is 32.2. The van der Waals surface area contributed by atoms with Gasteiger partial charge in [0.05, 0.1) is 12.0 Å². The number of thioether (sulfide) groups is 1. The van der Waals surface area contributed by atoms with Gasteiger partial charge in [-0.3, -0.25) is 19.3 Å². The van der Waals surface area contributed by atoms with Gasteiger partial charge >= 0.3 is 0 Å². The van der Waals surface area contributed by atoms with Crippen LogP contribution in [-0.2, 0) is 29.2 Å². The summed E-state index contributed by atoms with van der Waals surface area (Å²) >= 11 is 6.44.